The van der Waals surface area contributed by atoms with Gasteiger partial charge in [0.2, 0.25) is 0 Å². The summed E-state index contributed by atoms with van der Waals surface area (Å²) in [5.41, 5.74) is 4.74. The van der Waals surface area contributed by atoms with Crippen molar-refractivity contribution in [3.05, 3.63) is 68.3 Å². The van der Waals surface area contributed by atoms with Gasteiger partial charge in [0.05, 0.1) is 28.2 Å². The van der Waals surface area contributed by atoms with Crippen LogP contribution in [0.2, 0.25) is 0 Å². The maximum absolute atomic E-state index is 10.1. The third kappa shape index (κ3) is 3.31. The summed E-state index contributed by atoms with van der Waals surface area (Å²) in [7, 11) is 3.54. The van der Waals surface area contributed by atoms with Crippen molar-refractivity contribution in [3.63, 3.8) is 0 Å². The highest BCUT2D eigenvalue weighted by atomic mass is 79.9. The Morgan fingerprint density at radius 2 is 2.04 bits per heavy atom. The SMILES string of the molecule is COc1cc(/C=C(\c2nc(C)cs2)c2nc3ccccc3n2C)cc(Br)c1O. The monoisotopic (exact) mass is 455 g/mol. The second-order valence-corrected chi connectivity index (χ2v) is 8.10. The van der Waals surface area contributed by atoms with Crippen LogP contribution in [0.25, 0.3) is 22.7 Å². The number of fused-ring (bicyclic) bond motifs is 1. The second-order valence-electron chi connectivity index (χ2n) is 6.39. The first kappa shape index (κ1) is 18.7. The van der Waals surface area contributed by atoms with Crippen LogP contribution in [0.5, 0.6) is 11.5 Å². The van der Waals surface area contributed by atoms with Gasteiger partial charge in [-0.15, -0.1) is 11.3 Å². The van der Waals surface area contributed by atoms with Gasteiger partial charge in [-0.1, -0.05) is 12.1 Å². The molecule has 0 radical (unpaired) electrons. The quantitative estimate of drug-likeness (QED) is 0.447. The van der Waals surface area contributed by atoms with Crippen LogP contribution in [0.4, 0.5) is 0 Å². The molecule has 5 nitrogen and oxygen atoms in total. The minimum atomic E-state index is 0.0778. The van der Waals surface area contributed by atoms with Gasteiger partial charge in [0, 0.05) is 18.1 Å². The molecule has 0 bridgehead atoms. The van der Waals surface area contributed by atoms with Gasteiger partial charge < -0.3 is 14.4 Å². The smallest absolute Gasteiger partial charge is 0.172 e. The number of aryl methyl sites for hydroxylation is 2. The number of hydrogen-bond acceptors (Lipinski definition) is 5. The first-order chi connectivity index (χ1) is 13.5. The second kappa shape index (κ2) is 7.41. The maximum Gasteiger partial charge on any atom is 0.172 e. The number of halogens is 1. The third-order valence-electron chi connectivity index (χ3n) is 4.46. The Morgan fingerprint density at radius 3 is 2.71 bits per heavy atom. The average molecular weight is 456 g/mol. The van der Waals surface area contributed by atoms with Gasteiger partial charge in [-0.2, -0.15) is 0 Å². The molecule has 4 aromatic rings. The topological polar surface area (TPSA) is 60.2 Å². The van der Waals surface area contributed by atoms with E-state index in [0.717, 1.165) is 38.7 Å². The predicted octanol–water partition coefficient (Wildman–Crippen LogP) is 5.40. The summed E-state index contributed by atoms with van der Waals surface area (Å²) in [6.45, 7) is 1.98. The van der Waals surface area contributed by atoms with Gasteiger partial charge in [-0.05, 0) is 58.8 Å². The van der Waals surface area contributed by atoms with Crippen LogP contribution in [0.3, 0.4) is 0 Å². The van der Waals surface area contributed by atoms with E-state index in [4.69, 9.17) is 9.72 Å². The number of ether oxygens (including phenoxy) is 1. The lowest BCUT2D eigenvalue weighted by molar-refractivity contribution is 0.372. The number of phenolic OH excluding ortho intramolecular Hbond substituents is 1. The number of methoxy groups -OCH3 is 1. The molecule has 2 aromatic heterocycles. The highest BCUT2D eigenvalue weighted by Gasteiger charge is 2.17. The summed E-state index contributed by atoms with van der Waals surface area (Å²) in [6, 6.07) is 11.7. The number of rotatable bonds is 4. The van der Waals surface area contributed by atoms with E-state index in [2.05, 4.69) is 31.5 Å². The Hall–Kier alpha value is -2.64. The maximum atomic E-state index is 10.1. The fourth-order valence-electron chi connectivity index (χ4n) is 3.09. The van der Waals surface area contributed by atoms with Crippen molar-refractivity contribution in [3.8, 4) is 11.5 Å². The average Bonchev–Trinajstić information content (AvgIpc) is 3.26. The van der Waals surface area contributed by atoms with Gasteiger partial charge in [0.25, 0.3) is 0 Å². The van der Waals surface area contributed by atoms with Crippen LogP contribution in [0, 0.1) is 6.92 Å². The van der Waals surface area contributed by atoms with Crippen molar-refractivity contribution < 1.29 is 9.84 Å². The molecular formula is C21H18BrN3O2S. The molecular weight excluding hydrogens is 438 g/mol. The molecule has 2 aromatic carbocycles. The van der Waals surface area contributed by atoms with Crippen molar-refractivity contribution in [2.75, 3.05) is 7.11 Å². The number of thiazole rings is 1. The first-order valence-electron chi connectivity index (χ1n) is 8.60. The molecule has 0 aliphatic carbocycles. The molecule has 1 N–H and O–H groups in total. The summed E-state index contributed by atoms with van der Waals surface area (Å²) in [5, 5.41) is 13.0. The van der Waals surface area contributed by atoms with Gasteiger partial charge >= 0.3 is 0 Å². The normalized spacial score (nSPS) is 11.9. The van der Waals surface area contributed by atoms with E-state index in [1.54, 1.807) is 17.4 Å². The number of phenols is 1. The van der Waals surface area contributed by atoms with E-state index in [9.17, 15) is 5.11 Å². The van der Waals surface area contributed by atoms with Gasteiger partial charge in [-0.3, -0.25) is 0 Å². The molecule has 0 spiro atoms. The molecule has 0 saturated carbocycles. The summed E-state index contributed by atoms with van der Waals surface area (Å²) in [6.07, 6.45) is 2.02. The predicted molar refractivity (Wildman–Crippen MR) is 117 cm³/mol. The van der Waals surface area contributed by atoms with E-state index in [0.29, 0.717) is 10.2 Å². The van der Waals surface area contributed by atoms with Crippen LogP contribution < -0.4 is 4.74 Å². The zero-order chi connectivity index (χ0) is 19.8. The highest BCUT2D eigenvalue weighted by Crippen LogP contribution is 2.37. The molecule has 142 valence electrons. The van der Waals surface area contributed by atoms with E-state index in [-0.39, 0.29) is 5.75 Å². The van der Waals surface area contributed by atoms with Crippen LogP contribution >= 0.6 is 27.3 Å². The van der Waals surface area contributed by atoms with Gasteiger partial charge in [-0.25, -0.2) is 9.97 Å². The molecule has 0 unspecified atom stereocenters. The van der Waals surface area contributed by atoms with Crippen molar-refractivity contribution in [2.45, 2.75) is 6.92 Å². The van der Waals surface area contributed by atoms with Crippen LogP contribution in [-0.2, 0) is 7.05 Å². The van der Waals surface area contributed by atoms with Crippen LogP contribution in [0.1, 0.15) is 22.1 Å². The number of aromatic nitrogens is 3. The number of imidazole rings is 1. The lowest BCUT2D eigenvalue weighted by Gasteiger charge is -2.09. The standard InChI is InChI=1S/C21H18BrN3O2S/c1-12-11-28-21(23-12)14(8-13-9-15(22)19(26)18(10-13)27-3)20-24-16-6-4-5-7-17(16)25(20)2/h4-11,26H,1-3H3/b14-8-. The van der Waals surface area contributed by atoms with E-state index >= 15 is 0 Å². The zero-order valence-electron chi connectivity index (χ0n) is 15.6. The van der Waals surface area contributed by atoms with E-state index in [1.807, 2.05) is 49.7 Å². The van der Waals surface area contributed by atoms with E-state index in [1.165, 1.54) is 7.11 Å². The molecule has 0 atom stereocenters. The molecule has 4 rings (SSSR count). The Labute approximate surface area is 175 Å². The molecule has 0 aliphatic rings. The fourth-order valence-corrected chi connectivity index (χ4v) is 4.35. The summed E-state index contributed by atoms with van der Waals surface area (Å²) in [4.78, 5) is 9.53. The molecule has 0 amide bonds. The third-order valence-corrected chi connectivity index (χ3v) is 6.06. The lowest BCUT2D eigenvalue weighted by Crippen LogP contribution is -1.99. The lowest BCUT2D eigenvalue weighted by atomic mass is 10.1. The number of benzene rings is 2. The largest absolute Gasteiger partial charge is 0.503 e. The van der Waals surface area contributed by atoms with Crippen LogP contribution in [-0.4, -0.2) is 26.8 Å². The minimum absolute atomic E-state index is 0.0778. The molecule has 7 heteroatoms. The molecule has 0 aliphatic heterocycles. The highest BCUT2D eigenvalue weighted by molar-refractivity contribution is 9.10. The van der Waals surface area contributed by atoms with Gasteiger partial charge in [0.15, 0.2) is 11.5 Å². The van der Waals surface area contributed by atoms with Crippen molar-refractivity contribution in [2.24, 2.45) is 7.05 Å². The van der Waals surface area contributed by atoms with Crippen molar-refractivity contribution in [1.29, 1.82) is 0 Å². The summed E-state index contributed by atoms with van der Waals surface area (Å²) >= 11 is 4.98. The first-order valence-corrected chi connectivity index (χ1v) is 10.3. The Morgan fingerprint density at radius 1 is 1.25 bits per heavy atom. The van der Waals surface area contributed by atoms with Crippen molar-refractivity contribution in [1.82, 2.24) is 14.5 Å². The summed E-state index contributed by atoms with van der Waals surface area (Å²) < 4.78 is 7.93. The molecule has 0 saturated heterocycles. The molecule has 2 heterocycles. The Bertz CT molecular complexity index is 1210. The van der Waals surface area contributed by atoms with E-state index < -0.39 is 0 Å². The molecule has 28 heavy (non-hydrogen) atoms. The number of hydrogen-bond donors (Lipinski definition) is 1. The zero-order valence-corrected chi connectivity index (χ0v) is 18.0. The number of para-hydroxylation sites is 2. The Kier molecular flexibility index (Phi) is 4.95. The minimum Gasteiger partial charge on any atom is -0.503 e. The van der Waals surface area contributed by atoms with Crippen LogP contribution in [0.15, 0.2) is 46.3 Å². The van der Waals surface area contributed by atoms with Crippen molar-refractivity contribution >= 4 is 49.9 Å². The number of nitrogens with zero attached hydrogens (tertiary/aromatic N) is 3. The Balaban J connectivity index is 1.95. The molecule has 0 fully saturated rings. The van der Waals surface area contributed by atoms with Gasteiger partial charge in [0.1, 0.15) is 10.8 Å². The fraction of sp³-hybridized carbons (Fsp3) is 0.143. The number of aromatic hydroxyl groups is 1. The summed E-state index contributed by atoms with van der Waals surface area (Å²) in [5.74, 6) is 1.31.